The van der Waals surface area contributed by atoms with E-state index in [2.05, 4.69) is 30.4 Å². The van der Waals surface area contributed by atoms with Gasteiger partial charge in [-0.05, 0) is 44.5 Å². The number of urea groups is 1. The van der Waals surface area contributed by atoms with Crippen LogP contribution in [-0.2, 0) is 6.54 Å². The van der Waals surface area contributed by atoms with Gasteiger partial charge in [-0.2, -0.15) is 10.1 Å². The van der Waals surface area contributed by atoms with Crippen LogP contribution in [0.4, 0.5) is 10.5 Å². The molecule has 170 valence electrons. The molecule has 3 aromatic heterocycles. The fourth-order valence-electron chi connectivity index (χ4n) is 4.08. The molecule has 0 radical (unpaired) electrons. The predicted octanol–water partition coefficient (Wildman–Crippen LogP) is 3.05. The quantitative estimate of drug-likeness (QED) is 0.514. The molecule has 1 aliphatic rings. The van der Waals surface area contributed by atoms with Gasteiger partial charge in [-0.3, -0.25) is 4.90 Å². The van der Waals surface area contributed by atoms with E-state index in [1.165, 1.54) is 0 Å². The van der Waals surface area contributed by atoms with Crippen LogP contribution in [0.15, 0.2) is 41.1 Å². The lowest BCUT2D eigenvalue weighted by Gasteiger charge is -2.34. The molecule has 2 amide bonds. The zero-order valence-corrected chi connectivity index (χ0v) is 18.9. The Kier molecular flexibility index (Phi) is 5.51. The van der Waals surface area contributed by atoms with Crippen molar-refractivity contribution >= 4 is 17.4 Å². The van der Waals surface area contributed by atoms with Gasteiger partial charge >= 0.3 is 6.03 Å². The molecule has 1 aromatic carbocycles. The SMILES string of the molecule is Cc1cccc(NC(=O)N2CCN(Cc3noc(-c4cnn5c(C)cc(C)nc45)n3)CC2)c1. The second-order valence-electron chi connectivity index (χ2n) is 8.41. The molecular formula is C23H26N8O2. The van der Waals surface area contributed by atoms with E-state index in [0.717, 1.165) is 41.3 Å². The molecule has 1 saturated heterocycles. The second kappa shape index (κ2) is 8.62. The predicted molar refractivity (Wildman–Crippen MR) is 123 cm³/mol. The molecule has 5 rings (SSSR count). The number of anilines is 1. The van der Waals surface area contributed by atoms with E-state index in [1.54, 1.807) is 10.7 Å². The zero-order chi connectivity index (χ0) is 22.9. The lowest BCUT2D eigenvalue weighted by molar-refractivity contribution is 0.140. The van der Waals surface area contributed by atoms with Gasteiger partial charge in [-0.15, -0.1) is 0 Å². The number of hydrogen-bond donors (Lipinski definition) is 1. The Hall–Kier alpha value is -3.79. The van der Waals surface area contributed by atoms with E-state index in [0.29, 0.717) is 37.0 Å². The number of aryl methyl sites for hydroxylation is 3. The number of amides is 2. The summed E-state index contributed by atoms with van der Waals surface area (Å²) in [6.45, 7) is 9.25. The maximum absolute atomic E-state index is 12.6. The Balaban J connectivity index is 1.20. The van der Waals surface area contributed by atoms with Gasteiger partial charge in [0.1, 0.15) is 5.56 Å². The van der Waals surface area contributed by atoms with Gasteiger partial charge in [0.25, 0.3) is 5.89 Å². The highest BCUT2D eigenvalue weighted by Crippen LogP contribution is 2.23. The molecule has 1 fully saturated rings. The van der Waals surface area contributed by atoms with Crippen molar-refractivity contribution in [3.05, 3.63) is 59.3 Å². The highest BCUT2D eigenvalue weighted by molar-refractivity contribution is 5.89. The molecule has 10 nitrogen and oxygen atoms in total. The van der Waals surface area contributed by atoms with E-state index in [4.69, 9.17) is 4.52 Å². The number of fused-ring (bicyclic) bond motifs is 1. The number of rotatable bonds is 4. The Bertz CT molecular complexity index is 1300. The van der Waals surface area contributed by atoms with Crippen LogP contribution in [0.2, 0.25) is 0 Å². The average Bonchev–Trinajstić information content (AvgIpc) is 3.41. The van der Waals surface area contributed by atoms with E-state index in [1.807, 2.05) is 56.0 Å². The van der Waals surface area contributed by atoms with Crippen LogP contribution in [0.25, 0.3) is 17.1 Å². The fraction of sp³-hybridized carbons (Fsp3) is 0.348. The van der Waals surface area contributed by atoms with Crippen molar-refractivity contribution < 1.29 is 9.32 Å². The Labute approximate surface area is 191 Å². The largest absolute Gasteiger partial charge is 0.334 e. The zero-order valence-electron chi connectivity index (χ0n) is 18.9. The average molecular weight is 447 g/mol. The number of benzene rings is 1. The van der Waals surface area contributed by atoms with Gasteiger partial charge in [-0.1, -0.05) is 17.3 Å². The van der Waals surface area contributed by atoms with Crippen LogP contribution in [0.5, 0.6) is 0 Å². The molecule has 0 aliphatic carbocycles. The molecule has 0 spiro atoms. The molecule has 0 saturated carbocycles. The van der Waals surface area contributed by atoms with E-state index in [-0.39, 0.29) is 6.03 Å². The number of aromatic nitrogens is 5. The first kappa shape index (κ1) is 21.1. The standard InChI is InChI=1S/C23H26N8O2/c1-15-5-4-6-18(11-15)26-23(32)30-9-7-29(8-10-30)14-20-27-22(33-28-20)19-13-24-31-17(3)12-16(2)25-21(19)31/h4-6,11-13H,7-10,14H2,1-3H3,(H,26,32). The summed E-state index contributed by atoms with van der Waals surface area (Å²) in [7, 11) is 0. The van der Waals surface area contributed by atoms with Gasteiger partial charge in [0.05, 0.1) is 12.7 Å². The topological polar surface area (TPSA) is 105 Å². The summed E-state index contributed by atoms with van der Waals surface area (Å²) in [5.74, 6) is 1.01. The third kappa shape index (κ3) is 4.42. The molecule has 4 aromatic rings. The lowest BCUT2D eigenvalue weighted by atomic mass is 10.2. The summed E-state index contributed by atoms with van der Waals surface area (Å²) in [5.41, 5.74) is 5.25. The third-order valence-corrected chi connectivity index (χ3v) is 5.77. The molecule has 33 heavy (non-hydrogen) atoms. The first-order valence-electron chi connectivity index (χ1n) is 11.0. The van der Waals surface area contributed by atoms with Gasteiger partial charge in [0.2, 0.25) is 0 Å². The smallest absolute Gasteiger partial charge is 0.321 e. The van der Waals surface area contributed by atoms with Crippen LogP contribution in [-0.4, -0.2) is 66.7 Å². The van der Waals surface area contributed by atoms with Crippen molar-refractivity contribution in [3.8, 4) is 11.5 Å². The summed E-state index contributed by atoms with van der Waals surface area (Å²) >= 11 is 0. The first-order valence-corrected chi connectivity index (χ1v) is 11.0. The maximum Gasteiger partial charge on any atom is 0.321 e. The van der Waals surface area contributed by atoms with E-state index in [9.17, 15) is 4.79 Å². The minimum atomic E-state index is -0.0757. The number of carbonyl (C=O) groups is 1. The Morgan fingerprint density at radius 2 is 1.91 bits per heavy atom. The van der Waals surface area contributed by atoms with Gasteiger partial charge < -0.3 is 14.7 Å². The number of hydrogen-bond acceptors (Lipinski definition) is 7. The van der Waals surface area contributed by atoms with Crippen LogP contribution in [0, 0.1) is 20.8 Å². The van der Waals surface area contributed by atoms with Crippen molar-refractivity contribution in [2.24, 2.45) is 0 Å². The summed E-state index contributed by atoms with van der Waals surface area (Å²) < 4.78 is 7.29. The molecule has 0 bridgehead atoms. The minimum Gasteiger partial charge on any atom is -0.334 e. The van der Waals surface area contributed by atoms with Crippen LogP contribution >= 0.6 is 0 Å². The Morgan fingerprint density at radius 1 is 1.09 bits per heavy atom. The van der Waals surface area contributed by atoms with Crippen LogP contribution in [0.1, 0.15) is 22.8 Å². The van der Waals surface area contributed by atoms with E-state index < -0.39 is 0 Å². The first-order chi connectivity index (χ1) is 16.0. The summed E-state index contributed by atoms with van der Waals surface area (Å²) in [6, 6.07) is 9.71. The molecule has 1 aliphatic heterocycles. The number of nitrogens with one attached hydrogen (secondary N) is 1. The second-order valence-corrected chi connectivity index (χ2v) is 8.41. The summed E-state index contributed by atoms with van der Waals surface area (Å²) in [5, 5.41) is 11.5. The molecule has 10 heteroatoms. The van der Waals surface area contributed by atoms with Crippen molar-refractivity contribution in [1.29, 1.82) is 0 Å². The lowest BCUT2D eigenvalue weighted by Crippen LogP contribution is -2.49. The minimum absolute atomic E-state index is 0.0757. The van der Waals surface area contributed by atoms with Gasteiger partial charge in [0.15, 0.2) is 11.5 Å². The Morgan fingerprint density at radius 3 is 2.70 bits per heavy atom. The number of carbonyl (C=O) groups excluding carboxylic acids is 1. The van der Waals surface area contributed by atoms with Crippen LogP contribution < -0.4 is 5.32 Å². The summed E-state index contributed by atoms with van der Waals surface area (Å²) in [4.78, 5) is 25.8. The normalized spacial score (nSPS) is 14.7. The number of nitrogens with zero attached hydrogens (tertiary/aromatic N) is 7. The van der Waals surface area contributed by atoms with Crippen LogP contribution in [0.3, 0.4) is 0 Å². The fourth-order valence-corrected chi connectivity index (χ4v) is 4.08. The van der Waals surface area contributed by atoms with Gasteiger partial charge in [-0.25, -0.2) is 14.3 Å². The van der Waals surface area contributed by atoms with Crippen molar-refractivity contribution in [1.82, 2.24) is 34.5 Å². The monoisotopic (exact) mass is 446 g/mol. The maximum atomic E-state index is 12.6. The van der Waals surface area contributed by atoms with Gasteiger partial charge in [0, 0.05) is 43.3 Å². The van der Waals surface area contributed by atoms with Crippen molar-refractivity contribution in [2.75, 3.05) is 31.5 Å². The van der Waals surface area contributed by atoms with Crippen molar-refractivity contribution in [3.63, 3.8) is 0 Å². The number of piperazine rings is 1. The molecule has 0 unspecified atom stereocenters. The summed E-state index contributed by atoms with van der Waals surface area (Å²) in [6.07, 6.45) is 1.71. The van der Waals surface area contributed by atoms with Crippen molar-refractivity contribution in [2.45, 2.75) is 27.3 Å². The molecule has 1 N–H and O–H groups in total. The molecule has 0 atom stereocenters. The molecular weight excluding hydrogens is 420 g/mol. The highest BCUT2D eigenvalue weighted by atomic mass is 16.5. The third-order valence-electron chi connectivity index (χ3n) is 5.77. The molecule has 4 heterocycles. The highest BCUT2D eigenvalue weighted by Gasteiger charge is 2.23. The van der Waals surface area contributed by atoms with E-state index >= 15 is 0 Å².